The van der Waals surface area contributed by atoms with Crippen LogP contribution in [0.15, 0.2) is 24.1 Å². The molecule has 3 aromatic heterocycles. The number of tetrazole rings is 1. The van der Waals surface area contributed by atoms with E-state index in [4.69, 9.17) is 0 Å². The molecule has 3 rings (SSSR count). The summed E-state index contributed by atoms with van der Waals surface area (Å²) in [5.41, 5.74) is 0.678. The van der Waals surface area contributed by atoms with Gasteiger partial charge in [0.2, 0.25) is 0 Å². The Kier molecular flexibility index (Phi) is 3.96. The van der Waals surface area contributed by atoms with E-state index in [0.717, 1.165) is 18.7 Å². The molecule has 0 saturated carbocycles. The zero-order chi connectivity index (χ0) is 14.5. The van der Waals surface area contributed by atoms with Crippen molar-refractivity contribution in [1.82, 2.24) is 40.7 Å². The quantitative estimate of drug-likeness (QED) is 0.629. The average Bonchev–Trinajstić information content (AvgIpc) is 3.24. The number of amides is 1. The highest BCUT2D eigenvalue weighted by atomic mass is 32.1. The summed E-state index contributed by atoms with van der Waals surface area (Å²) in [4.78, 5) is 16.8. The van der Waals surface area contributed by atoms with Crippen molar-refractivity contribution in [3.05, 3.63) is 34.8 Å². The molecule has 0 aromatic carbocycles. The number of aromatic nitrogens is 7. The Hall–Kier alpha value is -2.62. The topological polar surface area (TPSA) is 114 Å². The van der Waals surface area contributed by atoms with Crippen molar-refractivity contribution in [3.8, 4) is 5.69 Å². The van der Waals surface area contributed by atoms with Crippen LogP contribution in [-0.2, 0) is 6.42 Å². The highest BCUT2D eigenvalue weighted by Crippen LogP contribution is 2.19. The third-order valence-corrected chi connectivity index (χ3v) is 3.69. The fourth-order valence-corrected chi connectivity index (χ4v) is 2.61. The van der Waals surface area contributed by atoms with Gasteiger partial charge in [0.15, 0.2) is 0 Å². The Morgan fingerprint density at radius 1 is 1.48 bits per heavy atom. The van der Waals surface area contributed by atoms with Crippen LogP contribution in [0.25, 0.3) is 5.69 Å². The first-order valence-corrected chi connectivity index (χ1v) is 7.16. The predicted octanol–water partition coefficient (Wildman–Crippen LogP) is 0.204. The molecule has 3 aromatic rings. The summed E-state index contributed by atoms with van der Waals surface area (Å²) in [6, 6.07) is 1.81. The summed E-state index contributed by atoms with van der Waals surface area (Å²) in [6.07, 6.45) is 4.46. The number of thiophene rings is 1. The van der Waals surface area contributed by atoms with Crippen LogP contribution in [-0.4, -0.2) is 47.8 Å². The van der Waals surface area contributed by atoms with Gasteiger partial charge in [-0.3, -0.25) is 9.89 Å². The summed E-state index contributed by atoms with van der Waals surface area (Å²) in [5.74, 6) is 0.683. The van der Waals surface area contributed by atoms with Crippen molar-refractivity contribution in [2.24, 2.45) is 0 Å². The van der Waals surface area contributed by atoms with Gasteiger partial charge in [-0.1, -0.05) is 0 Å². The van der Waals surface area contributed by atoms with E-state index in [1.165, 1.54) is 28.7 Å². The third kappa shape index (κ3) is 3.11. The van der Waals surface area contributed by atoms with Gasteiger partial charge in [-0.15, -0.1) is 16.4 Å². The van der Waals surface area contributed by atoms with Crippen LogP contribution < -0.4 is 5.32 Å². The van der Waals surface area contributed by atoms with E-state index >= 15 is 0 Å². The SMILES string of the molecule is O=C(NCCCc1ncn[nH]1)c1sccc1-n1cnnn1. The second kappa shape index (κ2) is 6.22. The van der Waals surface area contributed by atoms with Gasteiger partial charge in [-0.05, 0) is 28.3 Å². The molecular formula is C11H12N8OS. The number of hydrogen-bond donors (Lipinski definition) is 2. The van der Waals surface area contributed by atoms with Crippen molar-refractivity contribution >= 4 is 17.2 Å². The molecule has 2 N–H and O–H groups in total. The van der Waals surface area contributed by atoms with Crippen molar-refractivity contribution in [3.63, 3.8) is 0 Å². The first-order chi connectivity index (χ1) is 10.3. The molecule has 10 heteroatoms. The van der Waals surface area contributed by atoms with E-state index in [-0.39, 0.29) is 5.91 Å². The zero-order valence-electron chi connectivity index (χ0n) is 10.9. The fourth-order valence-electron chi connectivity index (χ4n) is 1.81. The standard InChI is InChI=1S/C11H12N8OS/c20-11(12-4-1-2-9-13-6-14-16-9)10-8(3-5-21-10)19-7-15-17-18-19/h3,5-7H,1-2,4H2,(H,12,20)(H,13,14,16). The first-order valence-electron chi connectivity index (χ1n) is 6.28. The van der Waals surface area contributed by atoms with Crippen molar-refractivity contribution in [1.29, 1.82) is 0 Å². The number of aromatic amines is 1. The van der Waals surface area contributed by atoms with Crippen LogP contribution in [0.2, 0.25) is 0 Å². The Morgan fingerprint density at radius 3 is 3.19 bits per heavy atom. The van der Waals surface area contributed by atoms with Gasteiger partial charge in [0.25, 0.3) is 5.91 Å². The number of nitrogens with zero attached hydrogens (tertiary/aromatic N) is 6. The maximum Gasteiger partial charge on any atom is 0.263 e. The molecule has 0 aliphatic heterocycles. The van der Waals surface area contributed by atoms with Crippen LogP contribution >= 0.6 is 11.3 Å². The lowest BCUT2D eigenvalue weighted by Crippen LogP contribution is -2.25. The average molecular weight is 304 g/mol. The number of hydrogen-bond acceptors (Lipinski definition) is 7. The minimum Gasteiger partial charge on any atom is -0.351 e. The number of carbonyl (C=O) groups is 1. The van der Waals surface area contributed by atoms with Gasteiger partial charge in [-0.2, -0.15) is 9.78 Å². The highest BCUT2D eigenvalue weighted by molar-refractivity contribution is 7.12. The van der Waals surface area contributed by atoms with Gasteiger partial charge in [-0.25, -0.2) is 4.98 Å². The maximum atomic E-state index is 12.2. The first kappa shape index (κ1) is 13.4. The number of carbonyl (C=O) groups excluding carboxylic acids is 1. The van der Waals surface area contributed by atoms with Gasteiger partial charge in [0.05, 0.1) is 5.69 Å². The predicted molar refractivity (Wildman–Crippen MR) is 74.1 cm³/mol. The van der Waals surface area contributed by atoms with Crippen LogP contribution in [0, 0.1) is 0 Å². The van der Waals surface area contributed by atoms with Gasteiger partial charge in [0, 0.05) is 13.0 Å². The molecule has 3 heterocycles. The minimum absolute atomic E-state index is 0.131. The molecule has 108 valence electrons. The molecule has 0 bridgehead atoms. The molecule has 0 aliphatic rings. The fraction of sp³-hybridized carbons (Fsp3) is 0.273. The molecule has 21 heavy (non-hydrogen) atoms. The Morgan fingerprint density at radius 2 is 2.43 bits per heavy atom. The van der Waals surface area contributed by atoms with Gasteiger partial charge >= 0.3 is 0 Å². The van der Waals surface area contributed by atoms with E-state index in [0.29, 0.717) is 17.1 Å². The van der Waals surface area contributed by atoms with Crippen molar-refractivity contribution in [2.45, 2.75) is 12.8 Å². The maximum absolute atomic E-state index is 12.2. The lowest BCUT2D eigenvalue weighted by atomic mass is 10.3. The summed E-state index contributed by atoms with van der Waals surface area (Å²) in [7, 11) is 0. The number of aryl methyl sites for hydroxylation is 1. The monoisotopic (exact) mass is 304 g/mol. The second-order valence-electron chi connectivity index (χ2n) is 4.18. The second-order valence-corrected chi connectivity index (χ2v) is 5.10. The smallest absolute Gasteiger partial charge is 0.263 e. The molecule has 1 amide bonds. The molecule has 0 aliphatic carbocycles. The van der Waals surface area contributed by atoms with E-state index in [2.05, 4.69) is 36.0 Å². The van der Waals surface area contributed by atoms with E-state index in [1.807, 2.05) is 11.4 Å². The molecule has 0 spiro atoms. The van der Waals surface area contributed by atoms with Crippen LogP contribution in [0.4, 0.5) is 0 Å². The molecule has 0 fully saturated rings. The lowest BCUT2D eigenvalue weighted by Gasteiger charge is -2.04. The molecule has 0 unspecified atom stereocenters. The summed E-state index contributed by atoms with van der Waals surface area (Å²) >= 11 is 1.35. The zero-order valence-corrected chi connectivity index (χ0v) is 11.7. The summed E-state index contributed by atoms with van der Waals surface area (Å²) in [6.45, 7) is 0.562. The van der Waals surface area contributed by atoms with Gasteiger partial charge in [0.1, 0.15) is 23.4 Å². The molecule has 0 radical (unpaired) electrons. The number of rotatable bonds is 6. The molecule has 0 saturated heterocycles. The Balaban J connectivity index is 1.55. The number of nitrogens with one attached hydrogen (secondary N) is 2. The number of H-pyrrole nitrogens is 1. The third-order valence-electron chi connectivity index (χ3n) is 2.79. The molecule has 0 atom stereocenters. The van der Waals surface area contributed by atoms with Crippen LogP contribution in [0.1, 0.15) is 21.9 Å². The van der Waals surface area contributed by atoms with E-state index in [9.17, 15) is 4.79 Å². The molecular weight excluding hydrogens is 292 g/mol. The largest absolute Gasteiger partial charge is 0.351 e. The minimum atomic E-state index is -0.131. The highest BCUT2D eigenvalue weighted by Gasteiger charge is 2.15. The van der Waals surface area contributed by atoms with Gasteiger partial charge < -0.3 is 5.32 Å². The normalized spacial score (nSPS) is 10.7. The van der Waals surface area contributed by atoms with E-state index in [1.54, 1.807) is 0 Å². The summed E-state index contributed by atoms with van der Waals surface area (Å²) < 4.78 is 1.47. The lowest BCUT2D eigenvalue weighted by molar-refractivity contribution is 0.0957. The van der Waals surface area contributed by atoms with Crippen molar-refractivity contribution in [2.75, 3.05) is 6.54 Å². The van der Waals surface area contributed by atoms with Crippen LogP contribution in [0.3, 0.4) is 0 Å². The molecule has 9 nitrogen and oxygen atoms in total. The van der Waals surface area contributed by atoms with Crippen LogP contribution in [0.5, 0.6) is 0 Å². The van der Waals surface area contributed by atoms with E-state index < -0.39 is 0 Å². The summed E-state index contributed by atoms with van der Waals surface area (Å²) in [5, 5.41) is 22.2. The van der Waals surface area contributed by atoms with Crippen molar-refractivity contribution < 1.29 is 4.79 Å². The Bertz CT molecular complexity index is 690. The Labute approximate surface area is 123 Å².